The fraction of sp³-hybridized carbons (Fsp3) is 1.00. The summed E-state index contributed by atoms with van der Waals surface area (Å²) in [4.78, 5) is 21.6. The Morgan fingerprint density at radius 1 is 1.06 bits per heavy atom. The van der Waals surface area contributed by atoms with Crippen molar-refractivity contribution in [3.8, 4) is 0 Å². The zero-order valence-electron chi connectivity index (χ0n) is 10.7. The minimum atomic E-state index is -4.64. The molecule has 0 aliphatic heterocycles. The molecule has 6 nitrogen and oxygen atoms in total. The first-order chi connectivity index (χ1) is 7.68. The highest BCUT2D eigenvalue weighted by atomic mass is 31.2. The quantitative estimate of drug-likeness (QED) is 0.442. The standard InChI is InChI=1S/C10H23NO.H3O4P/c1-3-5-7-10(12,9-11)8-6-4-2;1-5(2,3)4/h12H,3-9,11H2,1-2H3;(H3,1,2,3,4). The predicted octanol–water partition coefficient (Wildman–Crippen LogP) is 1.13. The summed E-state index contributed by atoms with van der Waals surface area (Å²) in [7, 11) is -4.64. The molecule has 0 rings (SSSR count). The van der Waals surface area contributed by atoms with Crippen molar-refractivity contribution in [3.63, 3.8) is 0 Å². The Morgan fingerprint density at radius 3 is 1.53 bits per heavy atom. The zero-order chi connectivity index (χ0) is 13.9. The Bertz CT molecular complexity index is 202. The van der Waals surface area contributed by atoms with Gasteiger partial charge in [-0.25, -0.2) is 4.57 Å². The van der Waals surface area contributed by atoms with Crippen LogP contribution in [0.1, 0.15) is 52.4 Å². The Balaban J connectivity index is 0. The Labute approximate surface area is 103 Å². The van der Waals surface area contributed by atoms with Gasteiger partial charge in [0.2, 0.25) is 0 Å². The van der Waals surface area contributed by atoms with Gasteiger partial charge in [-0.3, -0.25) is 0 Å². The molecule has 0 aliphatic carbocycles. The molecule has 0 saturated carbocycles. The summed E-state index contributed by atoms with van der Waals surface area (Å²) in [6.45, 7) is 4.68. The fourth-order valence-corrected chi connectivity index (χ4v) is 1.34. The zero-order valence-corrected chi connectivity index (χ0v) is 11.6. The Morgan fingerprint density at radius 2 is 1.35 bits per heavy atom. The molecule has 0 bridgehead atoms. The number of nitrogens with two attached hydrogens (primary N) is 1. The summed E-state index contributed by atoms with van der Waals surface area (Å²) in [6.07, 6.45) is 6.15. The maximum Gasteiger partial charge on any atom is 0.466 e. The normalized spacial score (nSPS) is 11.9. The second-order valence-corrected chi connectivity index (χ2v) is 5.18. The summed E-state index contributed by atoms with van der Waals surface area (Å²) in [5.74, 6) is 0. The lowest BCUT2D eigenvalue weighted by atomic mass is 9.91. The molecule has 0 aromatic heterocycles. The van der Waals surface area contributed by atoms with Crippen molar-refractivity contribution in [2.24, 2.45) is 5.73 Å². The van der Waals surface area contributed by atoms with Crippen LogP contribution in [0.4, 0.5) is 0 Å². The molecular formula is C10H26NO5P. The summed E-state index contributed by atoms with van der Waals surface area (Å²) >= 11 is 0. The highest BCUT2D eigenvalue weighted by Crippen LogP contribution is 2.25. The van der Waals surface area contributed by atoms with E-state index in [1.165, 1.54) is 0 Å². The third kappa shape index (κ3) is 18.6. The van der Waals surface area contributed by atoms with E-state index in [2.05, 4.69) is 13.8 Å². The van der Waals surface area contributed by atoms with E-state index in [0.29, 0.717) is 6.54 Å². The topological polar surface area (TPSA) is 124 Å². The molecule has 7 heteroatoms. The van der Waals surface area contributed by atoms with Crippen molar-refractivity contribution in [2.75, 3.05) is 6.54 Å². The third-order valence-electron chi connectivity index (χ3n) is 2.37. The molecule has 0 heterocycles. The van der Waals surface area contributed by atoms with Crippen LogP contribution in [0.25, 0.3) is 0 Å². The fourth-order valence-electron chi connectivity index (χ4n) is 1.34. The van der Waals surface area contributed by atoms with Crippen molar-refractivity contribution in [2.45, 2.75) is 58.0 Å². The average molecular weight is 271 g/mol. The Kier molecular flexibility index (Phi) is 11.4. The Hall–Kier alpha value is 0.0300. The molecule has 6 N–H and O–H groups in total. The van der Waals surface area contributed by atoms with E-state index in [4.69, 9.17) is 25.0 Å². The minimum absolute atomic E-state index is 0.410. The van der Waals surface area contributed by atoms with Crippen LogP contribution in [0.2, 0.25) is 0 Å². The molecule has 0 unspecified atom stereocenters. The van der Waals surface area contributed by atoms with Gasteiger partial charge in [-0.05, 0) is 12.8 Å². The molecule has 0 aromatic rings. The van der Waals surface area contributed by atoms with Crippen molar-refractivity contribution in [1.29, 1.82) is 0 Å². The first-order valence-electron chi connectivity index (χ1n) is 5.89. The first-order valence-corrected chi connectivity index (χ1v) is 7.45. The number of phosphoric acid groups is 1. The van der Waals surface area contributed by atoms with Crippen molar-refractivity contribution in [1.82, 2.24) is 0 Å². The van der Waals surface area contributed by atoms with Crippen molar-refractivity contribution < 1.29 is 24.4 Å². The van der Waals surface area contributed by atoms with Crippen LogP contribution in [0.3, 0.4) is 0 Å². The number of hydrogen-bond acceptors (Lipinski definition) is 3. The SMILES string of the molecule is CCCCC(O)(CN)CCCC.O=P(O)(O)O. The summed E-state index contributed by atoms with van der Waals surface area (Å²) in [5.41, 5.74) is 4.96. The van der Waals surface area contributed by atoms with E-state index in [9.17, 15) is 5.11 Å². The molecule has 0 spiro atoms. The first kappa shape index (κ1) is 19.4. The molecule has 0 atom stereocenters. The second-order valence-electron chi connectivity index (χ2n) is 4.15. The van der Waals surface area contributed by atoms with E-state index < -0.39 is 13.4 Å². The van der Waals surface area contributed by atoms with E-state index in [-0.39, 0.29) is 0 Å². The number of rotatable bonds is 7. The molecular weight excluding hydrogens is 245 g/mol. The van der Waals surface area contributed by atoms with Crippen molar-refractivity contribution >= 4 is 7.82 Å². The van der Waals surface area contributed by atoms with Gasteiger partial charge in [-0.15, -0.1) is 0 Å². The van der Waals surface area contributed by atoms with Gasteiger partial charge in [0.15, 0.2) is 0 Å². The molecule has 0 radical (unpaired) electrons. The largest absolute Gasteiger partial charge is 0.466 e. The van der Waals surface area contributed by atoms with Gasteiger partial charge >= 0.3 is 7.82 Å². The summed E-state index contributed by atoms with van der Waals surface area (Å²) in [5, 5.41) is 9.96. The van der Waals surface area contributed by atoms with Crippen molar-refractivity contribution in [3.05, 3.63) is 0 Å². The third-order valence-corrected chi connectivity index (χ3v) is 2.37. The van der Waals surface area contributed by atoms with Crippen LogP contribution < -0.4 is 5.73 Å². The number of hydrogen-bond donors (Lipinski definition) is 5. The second kappa shape index (κ2) is 10.00. The van der Waals surface area contributed by atoms with Gasteiger partial charge in [0.1, 0.15) is 0 Å². The maximum absolute atomic E-state index is 9.96. The molecule has 0 aromatic carbocycles. The van der Waals surface area contributed by atoms with E-state index in [1.54, 1.807) is 0 Å². The number of aliphatic hydroxyl groups is 1. The molecule has 0 fully saturated rings. The van der Waals surface area contributed by atoms with Gasteiger partial charge in [-0.1, -0.05) is 39.5 Å². The lowest BCUT2D eigenvalue weighted by Crippen LogP contribution is -2.37. The van der Waals surface area contributed by atoms with Crippen LogP contribution in [0, 0.1) is 0 Å². The van der Waals surface area contributed by atoms with Gasteiger partial charge in [0, 0.05) is 6.54 Å². The van der Waals surface area contributed by atoms with Gasteiger partial charge in [0.25, 0.3) is 0 Å². The average Bonchev–Trinajstić information content (AvgIpc) is 2.21. The molecule has 0 amide bonds. The minimum Gasteiger partial charge on any atom is -0.389 e. The summed E-state index contributed by atoms with van der Waals surface area (Å²) in [6, 6.07) is 0. The lowest BCUT2D eigenvalue weighted by Gasteiger charge is -2.26. The lowest BCUT2D eigenvalue weighted by molar-refractivity contribution is 0.0273. The monoisotopic (exact) mass is 271 g/mol. The van der Waals surface area contributed by atoms with Crippen LogP contribution in [-0.4, -0.2) is 31.9 Å². The van der Waals surface area contributed by atoms with E-state index in [0.717, 1.165) is 38.5 Å². The highest BCUT2D eigenvalue weighted by molar-refractivity contribution is 7.45. The van der Waals surface area contributed by atoms with Crippen LogP contribution in [-0.2, 0) is 4.57 Å². The number of unbranched alkanes of at least 4 members (excludes halogenated alkanes) is 2. The maximum atomic E-state index is 9.96. The molecule has 0 saturated heterocycles. The van der Waals surface area contributed by atoms with E-state index in [1.807, 2.05) is 0 Å². The summed E-state index contributed by atoms with van der Waals surface area (Å²) < 4.78 is 8.88. The van der Waals surface area contributed by atoms with Gasteiger partial charge in [0.05, 0.1) is 5.60 Å². The van der Waals surface area contributed by atoms with Crippen LogP contribution in [0.5, 0.6) is 0 Å². The van der Waals surface area contributed by atoms with Gasteiger partial charge in [-0.2, -0.15) is 0 Å². The molecule has 106 valence electrons. The molecule has 0 aliphatic rings. The molecule has 17 heavy (non-hydrogen) atoms. The predicted molar refractivity (Wildman–Crippen MR) is 67.3 cm³/mol. The van der Waals surface area contributed by atoms with Crippen LogP contribution in [0.15, 0.2) is 0 Å². The van der Waals surface area contributed by atoms with Gasteiger partial charge < -0.3 is 25.5 Å². The van der Waals surface area contributed by atoms with Crippen LogP contribution >= 0.6 is 7.82 Å². The highest BCUT2D eigenvalue weighted by Gasteiger charge is 2.22. The van der Waals surface area contributed by atoms with E-state index >= 15 is 0 Å². The smallest absolute Gasteiger partial charge is 0.389 e.